The molecule has 0 spiro atoms. The fraction of sp³-hybridized carbons (Fsp3) is 0. The van der Waals surface area contributed by atoms with Gasteiger partial charge in [0.05, 0.1) is 9.95 Å². The first-order valence-corrected chi connectivity index (χ1v) is 7.31. The monoisotopic (exact) mass is 360 g/mol. The van der Waals surface area contributed by atoms with Gasteiger partial charge in [-0.15, -0.1) is 0 Å². The summed E-state index contributed by atoms with van der Waals surface area (Å²) < 4.78 is 13.2. The van der Waals surface area contributed by atoms with Crippen LogP contribution >= 0.6 is 11.6 Å². The number of nitrogens with one attached hydrogen (secondary N) is 2. The predicted molar refractivity (Wildman–Crippen MR) is 90.9 cm³/mol. The third-order valence-corrected chi connectivity index (χ3v) is 3.42. The van der Waals surface area contributed by atoms with Crippen LogP contribution in [0.2, 0.25) is 5.02 Å². The number of hydrogen-bond acceptors (Lipinski definition) is 7. The van der Waals surface area contributed by atoms with Crippen LogP contribution in [-0.2, 0) is 0 Å². The van der Waals surface area contributed by atoms with Crippen LogP contribution in [0.4, 0.5) is 33.1 Å². The zero-order valence-electron chi connectivity index (χ0n) is 12.5. The molecule has 0 amide bonds. The van der Waals surface area contributed by atoms with E-state index in [-0.39, 0.29) is 22.3 Å². The van der Waals surface area contributed by atoms with Crippen molar-refractivity contribution in [3.8, 4) is 0 Å². The first-order chi connectivity index (χ1) is 12.0. The number of hydrogen-bond donors (Lipinski definition) is 2. The molecule has 0 radical (unpaired) electrons. The van der Waals surface area contributed by atoms with Crippen LogP contribution in [0.15, 0.2) is 49.1 Å². The number of nitro groups is 1. The van der Waals surface area contributed by atoms with Gasteiger partial charge < -0.3 is 10.6 Å². The van der Waals surface area contributed by atoms with Crippen molar-refractivity contribution in [2.75, 3.05) is 10.6 Å². The molecule has 25 heavy (non-hydrogen) atoms. The normalized spacial score (nSPS) is 10.3. The molecule has 2 N–H and O–H groups in total. The van der Waals surface area contributed by atoms with Gasteiger partial charge in [-0.3, -0.25) is 15.1 Å². The van der Waals surface area contributed by atoms with Crippen LogP contribution in [0, 0.1) is 15.9 Å². The third-order valence-electron chi connectivity index (χ3n) is 3.13. The summed E-state index contributed by atoms with van der Waals surface area (Å²) in [5.41, 5.74) is 0.565. The smallest absolute Gasteiger partial charge is 0.334 e. The highest BCUT2D eigenvalue weighted by atomic mass is 35.5. The summed E-state index contributed by atoms with van der Waals surface area (Å²) in [5.74, 6) is -0.648. The molecule has 0 bridgehead atoms. The molecule has 0 aliphatic carbocycles. The number of nitrogens with zero attached hydrogens (tertiary/aromatic N) is 4. The highest BCUT2D eigenvalue weighted by molar-refractivity contribution is 6.31. The van der Waals surface area contributed by atoms with Crippen LogP contribution < -0.4 is 10.6 Å². The average molecular weight is 361 g/mol. The van der Waals surface area contributed by atoms with Crippen LogP contribution in [0.1, 0.15) is 0 Å². The summed E-state index contributed by atoms with van der Waals surface area (Å²) in [7, 11) is 0. The topological polar surface area (TPSA) is 106 Å². The molecule has 126 valence electrons. The lowest BCUT2D eigenvalue weighted by molar-refractivity contribution is -0.383. The molecule has 1 aromatic carbocycles. The van der Waals surface area contributed by atoms with E-state index in [4.69, 9.17) is 11.6 Å². The van der Waals surface area contributed by atoms with Gasteiger partial charge in [0.25, 0.3) is 0 Å². The van der Waals surface area contributed by atoms with Crippen molar-refractivity contribution >= 4 is 40.3 Å². The molecule has 10 heteroatoms. The first kappa shape index (κ1) is 16.5. The van der Waals surface area contributed by atoms with Crippen molar-refractivity contribution < 1.29 is 9.31 Å². The molecule has 2 heterocycles. The first-order valence-electron chi connectivity index (χ1n) is 6.93. The summed E-state index contributed by atoms with van der Waals surface area (Å²) in [6.07, 6.45) is 4.24. The molecule has 0 fully saturated rings. The SMILES string of the molecule is O=[N+]([O-])c1c(Nc2ccncc2)ncnc1Nc1ccc(F)c(Cl)c1. The lowest BCUT2D eigenvalue weighted by Crippen LogP contribution is -2.05. The molecule has 0 aliphatic rings. The Balaban J connectivity index is 1.97. The maximum atomic E-state index is 13.2. The Morgan fingerprint density at radius 2 is 1.68 bits per heavy atom. The largest absolute Gasteiger partial charge is 0.353 e. The molecule has 0 aliphatic heterocycles. The van der Waals surface area contributed by atoms with E-state index in [2.05, 4.69) is 25.6 Å². The molecule has 2 aromatic heterocycles. The van der Waals surface area contributed by atoms with Crippen molar-refractivity contribution in [3.05, 3.63) is 70.0 Å². The zero-order chi connectivity index (χ0) is 17.8. The minimum Gasteiger partial charge on any atom is -0.334 e. The van der Waals surface area contributed by atoms with E-state index >= 15 is 0 Å². The van der Waals surface area contributed by atoms with Gasteiger partial charge in [-0.05, 0) is 30.3 Å². The van der Waals surface area contributed by atoms with Crippen molar-refractivity contribution in [2.45, 2.75) is 0 Å². The van der Waals surface area contributed by atoms with E-state index in [1.54, 1.807) is 12.1 Å². The highest BCUT2D eigenvalue weighted by Crippen LogP contribution is 2.33. The summed E-state index contributed by atoms with van der Waals surface area (Å²) in [6.45, 7) is 0. The Labute approximate surface area is 145 Å². The van der Waals surface area contributed by atoms with E-state index in [0.717, 1.165) is 6.07 Å². The Hall–Kier alpha value is -3.33. The molecule has 0 saturated heterocycles. The minimum atomic E-state index is -0.614. The van der Waals surface area contributed by atoms with E-state index in [1.165, 1.54) is 30.9 Å². The van der Waals surface area contributed by atoms with Crippen molar-refractivity contribution in [1.29, 1.82) is 0 Å². The third kappa shape index (κ3) is 3.78. The van der Waals surface area contributed by atoms with Crippen molar-refractivity contribution in [3.63, 3.8) is 0 Å². The average Bonchev–Trinajstić information content (AvgIpc) is 2.59. The Bertz CT molecular complexity index is 925. The maximum Gasteiger partial charge on any atom is 0.353 e. The Kier molecular flexibility index (Phi) is 4.66. The van der Waals surface area contributed by atoms with Crippen molar-refractivity contribution in [1.82, 2.24) is 15.0 Å². The van der Waals surface area contributed by atoms with Crippen LogP contribution in [0.5, 0.6) is 0 Å². The van der Waals surface area contributed by atoms with Gasteiger partial charge in [0.15, 0.2) is 0 Å². The number of anilines is 4. The number of halogens is 2. The quantitative estimate of drug-likeness (QED) is 0.522. The summed E-state index contributed by atoms with van der Waals surface area (Å²) in [5, 5.41) is 17.0. The Morgan fingerprint density at radius 3 is 2.28 bits per heavy atom. The van der Waals surface area contributed by atoms with Crippen LogP contribution in [0.25, 0.3) is 0 Å². The molecular formula is C15H10ClFN6O2. The lowest BCUT2D eigenvalue weighted by atomic mass is 10.3. The molecule has 0 saturated carbocycles. The van der Waals surface area contributed by atoms with Gasteiger partial charge in [-0.2, -0.15) is 0 Å². The zero-order valence-corrected chi connectivity index (χ0v) is 13.2. The summed E-state index contributed by atoms with van der Waals surface area (Å²) in [6, 6.07) is 7.12. The second kappa shape index (κ2) is 7.05. The maximum absolute atomic E-state index is 13.2. The number of rotatable bonds is 5. The van der Waals surface area contributed by atoms with E-state index < -0.39 is 10.7 Å². The lowest BCUT2D eigenvalue weighted by Gasteiger charge is -2.10. The molecular weight excluding hydrogens is 351 g/mol. The van der Waals surface area contributed by atoms with Gasteiger partial charge in [0, 0.05) is 23.8 Å². The molecule has 0 unspecified atom stereocenters. The summed E-state index contributed by atoms with van der Waals surface area (Å²) >= 11 is 5.72. The number of benzene rings is 1. The molecule has 0 atom stereocenters. The van der Waals surface area contributed by atoms with Gasteiger partial charge in [-0.1, -0.05) is 11.6 Å². The second-order valence-electron chi connectivity index (χ2n) is 4.79. The van der Waals surface area contributed by atoms with E-state index in [1.807, 2.05) is 0 Å². The van der Waals surface area contributed by atoms with Gasteiger partial charge in [-0.25, -0.2) is 14.4 Å². The minimum absolute atomic E-state index is 0.00177. The van der Waals surface area contributed by atoms with E-state index in [0.29, 0.717) is 11.4 Å². The van der Waals surface area contributed by atoms with Crippen LogP contribution in [-0.4, -0.2) is 19.9 Å². The van der Waals surface area contributed by atoms with Gasteiger partial charge in [0.1, 0.15) is 12.1 Å². The summed E-state index contributed by atoms with van der Waals surface area (Å²) in [4.78, 5) is 22.6. The highest BCUT2D eigenvalue weighted by Gasteiger charge is 2.23. The molecule has 8 nitrogen and oxygen atoms in total. The van der Waals surface area contributed by atoms with Gasteiger partial charge in [0.2, 0.25) is 11.6 Å². The van der Waals surface area contributed by atoms with Gasteiger partial charge >= 0.3 is 5.69 Å². The second-order valence-corrected chi connectivity index (χ2v) is 5.20. The van der Waals surface area contributed by atoms with Crippen molar-refractivity contribution in [2.24, 2.45) is 0 Å². The molecule has 3 rings (SSSR count). The van der Waals surface area contributed by atoms with Crippen LogP contribution in [0.3, 0.4) is 0 Å². The number of pyridine rings is 1. The standard InChI is InChI=1S/C15H10ClFN6O2/c16-11-7-10(1-2-12(11)17)22-15-13(23(24)25)14(19-8-20-15)21-9-3-5-18-6-4-9/h1-8H,(H2,18,19,20,21,22). The fourth-order valence-corrected chi connectivity index (χ4v) is 2.20. The Morgan fingerprint density at radius 1 is 1.04 bits per heavy atom. The van der Waals surface area contributed by atoms with E-state index in [9.17, 15) is 14.5 Å². The molecule has 3 aromatic rings. The fourth-order valence-electron chi connectivity index (χ4n) is 2.02. The number of aromatic nitrogens is 3. The predicted octanol–water partition coefficient (Wildman–Crippen LogP) is 4.06.